The Morgan fingerprint density at radius 3 is 2.29 bits per heavy atom. The first-order chi connectivity index (χ1) is 7.81. The maximum atomic E-state index is 11.8. The Labute approximate surface area is 99.8 Å². The summed E-state index contributed by atoms with van der Waals surface area (Å²) in [6.45, 7) is 1.72. The summed E-state index contributed by atoms with van der Waals surface area (Å²) in [5, 5.41) is 17.9. The molecule has 0 heterocycles. The average molecular weight is 252 g/mol. The molecule has 0 saturated heterocycles. The van der Waals surface area contributed by atoms with Crippen LogP contribution in [-0.2, 0) is 0 Å². The van der Waals surface area contributed by atoms with Crippen molar-refractivity contribution in [2.45, 2.75) is 63.8 Å². The summed E-state index contributed by atoms with van der Waals surface area (Å²) in [6.07, 6.45) is -3.83. The molecular weight excluding hydrogens is 233 g/mol. The van der Waals surface area contributed by atoms with Gasteiger partial charge in [0.15, 0.2) is 0 Å². The Morgan fingerprint density at radius 2 is 1.76 bits per heavy atom. The van der Waals surface area contributed by atoms with Crippen LogP contribution in [0.15, 0.2) is 0 Å². The van der Waals surface area contributed by atoms with Gasteiger partial charge in [-0.2, -0.15) is 13.2 Å². The van der Waals surface area contributed by atoms with Crippen molar-refractivity contribution >= 4 is 0 Å². The molecule has 0 aromatic heterocycles. The van der Waals surface area contributed by atoms with Crippen LogP contribution in [0.5, 0.6) is 0 Å². The van der Waals surface area contributed by atoms with Gasteiger partial charge in [-0.25, -0.2) is 0 Å². The third kappa shape index (κ3) is 13.2. The molecule has 2 nitrogen and oxygen atoms in total. The maximum Gasteiger partial charge on any atom is 0.392 e. The zero-order valence-corrected chi connectivity index (χ0v) is 9.93. The first-order valence-electron chi connectivity index (χ1n) is 5.72. The molecule has 0 saturated carbocycles. The van der Waals surface area contributed by atoms with Gasteiger partial charge in [-0.1, -0.05) is 18.8 Å². The van der Waals surface area contributed by atoms with Crippen LogP contribution >= 0.6 is 0 Å². The van der Waals surface area contributed by atoms with Crippen LogP contribution in [0.4, 0.5) is 13.2 Å². The van der Waals surface area contributed by atoms with Crippen LogP contribution < -0.4 is 0 Å². The lowest BCUT2D eigenvalue weighted by Gasteiger charge is -2.06. The van der Waals surface area contributed by atoms with Crippen LogP contribution in [0, 0.1) is 11.8 Å². The molecule has 0 aliphatic carbocycles. The lowest BCUT2D eigenvalue weighted by atomic mass is 10.1. The van der Waals surface area contributed by atoms with E-state index in [2.05, 4.69) is 11.8 Å². The minimum absolute atomic E-state index is 0.310. The molecule has 5 heteroatoms. The highest BCUT2D eigenvalue weighted by atomic mass is 19.4. The molecule has 0 aromatic carbocycles. The predicted molar refractivity (Wildman–Crippen MR) is 59.2 cm³/mol. The summed E-state index contributed by atoms with van der Waals surface area (Å²) < 4.78 is 35.4. The Balaban J connectivity index is 3.54. The Kier molecular flexibility index (Phi) is 8.01. The van der Waals surface area contributed by atoms with Crippen LogP contribution in [-0.4, -0.2) is 28.6 Å². The fraction of sp³-hybridized carbons (Fsp3) is 0.833. The molecule has 17 heavy (non-hydrogen) atoms. The predicted octanol–water partition coefficient (Wildman–Crippen LogP) is 2.63. The lowest BCUT2D eigenvalue weighted by molar-refractivity contribution is -0.147. The van der Waals surface area contributed by atoms with E-state index in [1.54, 1.807) is 6.92 Å². The van der Waals surface area contributed by atoms with E-state index < -0.39 is 18.7 Å². The van der Waals surface area contributed by atoms with E-state index in [-0.39, 0.29) is 6.10 Å². The molecule has 2 unspecified atom stereocenters. The molecule has 0 bridgehead atoms. The fourth-order valence-electron chi connectivity index (χ4n) is 1.29. The number of aliphatic hydroxyl groups excluding tert-OH is 2. The quantitative estimate of drug-likeness (QED) is 0.563. The molecule has 0 aliphatic heterocycles. The SMILES string of the molecule is CC(O)CCCCCC#CC(O)CC(F)(F)F. The molecule has 0 aromatic rings. The Morgan fingerprint density at radius 1 is 1.12 bits per heavy atom. The molecule has 0 fully saturated rings. The van der Waals surface area contributed by atoms with Crippen molar-refractivity contribution < 1.29 is 23.4 Å². The summed E-state index contributed by atoms with van der Waals surface area (Å²) in [7, 11) is 0. The average Bonchev–Trinajstić information content (AvgIpc) is 2.12. The highest BCUT2D eigenvalue weighted by Crippen LogP contribution is 2.21. The number of hydrogen-bond acceptors (Lipinski definition) is 2. The monoisotopic (exact) mass is 252 g/mol. The van der Waals surface area contributed by atoms with Crippen LogP contribution in [0.2, 0.25) is 0 Å². The first kappa shape index (κ1) is 16.3. The van der Waals surface area contributed by atoms with E-state index in [1.165, 1.54) is 0 Å². The minimum atomic E-state index is -4.37. The normalized spacial score (nSPS) is 14.9. The smallest absolute Gasteiger partial charge is 0.392 e. The van der Waals surface area contributed by atoms with Crippen LogP contribution in [0.1, 0.15) is 45.4 Å². The molecule has 0 spiro atoms. The van der Waals surface area contributed by atoms with E-state index in [0.717, 1.165) is 25.7 Å². The van der Waals surface area contributed by atoms with Gasteiger partial charge in [-0.3, -0.25) is 0 Å². The van der Waals surface area contributed by atoms with Crippen LogP contribution in [0.3, 0.4) is 0 Å². The molecule has 0 radical (unpaired) electrons. The second-order valence-electron chi connectivity index (χ2n) is 4.10. The number of unbranched alkanes of at least 4 members (excludes halogenated alkanes) is 3. The van der Waals surface area contributed by atoms with Crippen molar-refractivity contribution in [1.82, 2.24) is 0 Å². The third-order valence-corrected chi connectivity index (χ3v) is 2.12. The number of alkyl halides is 3. The summed E-state index contributed by atoms with van der Waals surface area (Å²) in [6, 6.07) is 0. The Hall–Kier alpha value is -0.730. The summed E-state index contributed by atoms with van der Waals surface area (Å²) in [5.41, 5.74) is 0. The van der Waals surface area contributed by atoms with Crippen molar-refractivity contribution in [3.8, 4) is 11.8 Å². The number of hydrogen-bond donors (Lipinski definition) is 2. The van der Waals surface area contributed by atoms with Crippen molar-refractivity contribution in [1.29, 1.82) is 0 Å². The fourth-order valence-corrected chi connectivity index (χ4v) is 1.29. The zero-order chi connectivity index (χ0) is 13.3. The summed E-state index contributed by atoms with van der Waals surface area (Å²) in [4.78, 5) is 0. The van der Waals surface area contributed by atoms with Gasteiger partial charge in [-0.15, -0.1) is 5.92 Å². The lowest BCUT2D eigenvalue weighted by Crippen LogP contribution is -2.17. The summed E-state index contributed by atoms with van der Waals surface area (Å²) >= 11 is 0. The van der Waals surface area contributed by atoms with Gasteiger partial charge < -0.3 is 10.2 Å². The highest BCUT2D eigenvalue weighted by molar-refractivity contribution is 5.04. The number of halogens is 3. The first-order valence-corrected chi connectivity index (χ1v) is 5.72. The van der Waals surface area contributed by atoms with Gasteiger partial charge in [0.05, 0.1) is 12.5 Å². The standard InChI is InChI=1S/C12H19F3O2/c1-10(16)7-5-3-2-4-6-8-11(17)9-12(13,14)15/h10-11,16-17H,2-5,7,9H2,1H3. The van der Waals surface area contributed by atoms with Gasteiger partial charge in [0.1, 0.15) is 6.10 Å². The van der Waals surface area contributed by atoms with E-state index in [1.807, 2.05) is 0 Å². The van der Waals surface area contributed by atoms with Gasteiger partial charge >= 0.3 is 6.18 Å². The van der Waals surface area contributed by atoms with Gasteiger partial charge in [0, 0.05) is 6.42 Å². The molecule has 0 aliphatic rings. The summed E-state index contributed by atoms with van der Waals surface area (Å²) in [5.74, 6) is 4.71. The van der Waals surface area contributed by atoms with E-state index in [0.29, 0.717) is 6.42 Å². The molecule has 0 amide bonds. The second-order valence-corrected chi connectivity index (χ2v) is 4.10. The van der Waals surface area contributed by atoms with Crippen molar-refractivity contribution in [2.75, 3.05) is 0 Å². The number of aliphatic hydroxyl groups is 2. The molecule has 0 rings (SSSR count). The minimum Gasteiger partial charge on any atom is -0.393 e. The maximum absolute atomic E-state index is 11.8. The van der Waals surface area contributed by atoms with Gasteiger partial charge in [0.2, 0.25) is 0 Å². The topological polar surface area (TPSA) is 40.5 Å². The van der Waals surface area contributed by atoms with E-state index >= 15 is 0 Å². The molecule has 2 N–H and O–H groups in total. The van der Waals surface area contributed by atoms with Crippen LogP contribution in [0.25, 0.3) is 0 Å². The van der Waals surface area contributed by atoms with Gasteiger partial charge in [-0.05, 0) is 19.8 Å². The largest absolute Gasteiger partial charge is 0.393 e. The Bertz CT molecular complexity index is 251. The number of rotatable bonds is 6. The van der Waals surface area contributed by atoms with E-state index in [9.17, 15) is 13.2 Å². The zero-order valence-electron chi connectivity index (χ0n) is 9.93. The molecular formula is C12H19F3O2. The second kappa shape index (κ2) is 8.37. The molecule has 100 valence electrons. The van der Waals surface area contributed by atoms with Crippen molar-refractivity contribution in [2.24, 2.45) is 0 Å². The third-order valence-electron chi connectivity index (χ3n) is 2.12. The molecule has 2 atom stereocenters. The highest BCUT2D eigenvalue weighted by Gasteiger charge is 2.30. The van der Waals surface area contributed by atoms with Crippen molar-refractivity contribution in [3.05, 3.63) is 0 Å². The van der Waals surface area contributed by atoms with Crippen molar-refractivity contribution in [3.63, 3.8) is 0 Å². The van der Waals surface area contributed by atoms with Gasteiger partial charge in [0.25, 0.3) is 0 Å². The van der Waals surface area contributed by atoms with E-state index in [4.69, 9.17) is 10.2 Å².